The van der Waals surface area contributed by atoms with Crippen molar-refractivity contribution >= 4 is 10.9 Å². The Kier molecular flexibility index (Phi) is 7.32. The topological polar surface area (TPSA) is 69.2 Å². The Bertz CT molecular complexity index is 582. The molecule has 3 aromatic carbocycles. The zero-order valence-corrected chi connectivity index (χ0v) is 14.6. The van der Waals surface area contributed by atoms with Crippen molar-refractivity contribution in [2.24, 2.45) is 0 Å². The van der Waals surface area contributed by atoms with Gasteiger partial charge < -0.3 is 12.6 Å². The molecule has 3 aromatic rings. The van der Waals surface area contributed by atoms with E-state index in [0.29, 0.717) is 0 Å². The van der Waals surface area contributed by atoms with Crippen molar-refractivity contribution in [2.45, 2.75) is 14.7 Å². The first-order valence-electron chi connectivity index (χ1n) is 6.81. The molecular formula is C18H15BrO3S. The van der Waals surface area contributed by atoms with Crippen LogP contribution in [0.4, 0.5) is 0 Å². The molecule has 0 aliphatic rings. The molecule has 0 atom stereocenters. The summed E-state index contributed by atoms with van der Waals surface area (Å²) in [6.07, 6.45) is 0. The number of hydrogen-bond donors (Lipinski definition) is 0. The number of hydrogen-bond acceptors (Lipinski definition) is 3. The third kappa shape index (κ3) is 5.82. The fourth-order valence-electron chi connectivity index (χ4n) is 2.08. The number of rotatable bonds is 3. The maximum absolute atomic E-state index is 8.52. The van der Waals surface area contributed by atoms with E-state index in [9.17, 15) is 0 Å². The molecule has 118 valence electrons. The molecule has 0 aromatic heterocycles. The van der Waals surface area contributed by atoms with Crippen molar-refractivity contribution in [1.82, 2.24) is 0 Å². The second-order valence-electron chi connectivity index (χ2n) is 4.43. The van der Waals surface area contributed by atoms with Crippen LogP contribution in [-0.4, -0.2) is 0 Å². The van der Waals surface area contributed by atoms with Crippen LogP contribution >= 0.6 is 0 Å². The van der Waals surface area contributed by atoms with E-state index in [2.05, 4.69) is 91.0 Å². The van der Waals surface area contributed by atoms with Gasteiger partial charge in [0.05, 0.1) is 10.9 Å². The summed E-state index contributed by atoms with van der Waals surface area (Å²) in [5.74, 6) is 0. The molecule has 0 amide bonds. The molecule has 0 aliphatic heterocycles. The molecule has 23 heavy (non-hydrogen) atoms. The van der Waals surface area contributed by atoms with Crippen molar-refractivity contribution in [3.05, 3.63) is 91.0 Å². The highest BCUT2D eigenvalue weighted by molar-refractivity contribution is 7.97. The Morgan fingerprint density at radius 3 is 0.913 bits per heavy atom. The predicted octanol–water partition coefficient (Wildman–Crippen LogP) is 1.21. The van der Waals surface area contributed by atoms with E-state index in [0.717, 1.165) is 0 Å². The fourth-order valence-corrected chi connectivity index (χ4v) is 4.18. The van der Waals surface area contributed by atoms with Gasteiger partial charge in [-0.3, -0.25) is 0 Å². The van der Waals surface area contributed by atoms with Gasteiger partial charge in [0.15, 0.2) is 14.7 Å². The molecule has 0 saturated carbocycles. The summed E-state index contributed by atoms with van der Waals surface area (Å²) in [4.78, 5) is 4.08. The van der Waals surface area contributed by atoms with Gasteiger partial charge in [0.2, 0.25) is 14.8 Å². The zero-order valence-electron chi connectivity index (χ0n) is 12.2. The minimum Gasteiger partial charge on any atom is -0.405 e. The Labute approximate surface area is 144 Å². The highest BCUT2D eigenvalue weighted by Gasteiger charge is 2.27. The lowest BCUT2D eigenvalue weighted by molar-refractivity contribution is -1.73. The summed E-state index contributed by atoms with van der Waals surface area (Å²) in [6, 6.07) is 32.2. The van der Waals surface area contributed by atoms with Gasteiger partial charge in [0, 0.05) is 0 Å². The first-order chi connectivity index (χ1) is 11.2. The summed E-state index contributed by atoms with van der Waals surface area (Å²) in [5, 5.41) is 0. The van der Waals surface area contributed by atoms with Gasteiger partial charge in [0.1, 0.15) is 0 Å². The Hall–Kier alpha value is -1.63. The summed E-state index contributed by atoms with van der Waals surface area (Å²) < 4.78 is 25.6. The van der Waals surface area contributed by atoms with Crippen LogP contribution in [0.25, 0.3) is 0 Å². The molecule has 0 N–H and O–H groups in total. The minimum atomic E-state index is -3.65. The lowest BCUT2D eigenvalue weighted by atomic mass is 10.4. The molecule has 0 heterocycles. The minimum absolute atomic E-state index is 0.0146. The maximum atomic E-state index is 8.52. The molecule has 0 spiro atoms. The maximum Gasteiger partial charge on any atom is 0.216 e. The summed E-state index contributed by atoms with van der Waals surface area (Å²) in [6.45, 7) is 0. The monoisotopic (exact) mass is 390 g/mol. The first-order valence-corrected chi connectivity index (χ1v) is 9.97. The largest absolute Gasteiger partial charge is 0.405 e. The normalized spacial score (nSPS) is 10.3. The van der Waals surface area contributed by atoms with Gasteiger partial charge in [-0.1, -0.05) is 54.6 Å². The third-order valence-electron chi connectivity index (χ3n) is 2.94. The SMILES string of the molecule is [O-][Br+2]([O-])[O-].c1ccc([S+](c2ccccc2)c2ccccc2)cc1. The Balaban J connectivity index is 0.000000433. The zero-order chi connectivity index (χ0) is 16.5. The molecule has 3 rings (SSSR count). The summed E-state index contributed by atoms with van der Waals surface area (Å²) in [7, 11) is -0.0146. The van der Waals surface area contributed by atoms with Crippen LogP contribution in [0, 0.1) is 14.8 Å². The van der Waals surface area contributed by atoms with Crippen LogP contribution in [0.2, 0.25) is 0 Å². The highest BCUT2D eigenvalue weighted by Crippen LogP contribution is 2.30. The van der Waals surface area contributed by atoms with E-state index in [-0.39, 0.29) is 10.9 Å². The first kappa shape index (κ1) is 17.7. The van der Waals surface area contributed by atoms with E-state index in [1.807, 2.05) is 0 Å². The molecule has 0 fully saturated rings. The van der Waals surface area contributed by atoms with E-state index in [1.165, 1.54) is 14.7 Å². The molecule has 0 saturated heterocycles. The van der Waals surface area contributed by atoms with Crippen molar-refractivity contribution in [1.29, 1.82) is 0 Å². The molecule has 0 aliphatic carbocycles. The van der Waals surface area contributed by atoms with Crippen LogP contribution in [0.5, 0.6) is 0 Å². The molecule has 3 nitrogen and oxygen atoms in total. The van der Waals surface area contributed by atoms with Crippen LogP contribution < -0.4 is 12.6 Å². The van der Waals surface area contributed by atoms with Crippen molar-refractivity contribution in [3.63, 3.8) is 0 Å². The van der Waals surface area contributed by atoms with Crippen molar-refractivity contribution in [3.8, 4) is 0 Å². The second-order valence-corrected chi connectivity index (χ2v) is 7.25. The molecular weight excluding hydrogens is 376 g/mol. The van der Waals surface area contributed by atoms with Crippen LogP contribution in [0.15, 0.2) is 106 Å². The van der Waals surface area contributed by atoms with E-state index in [4.69, 9.17) is 12.6 Å². The average Bonchev–Trinajstić information content (AvgIpc) is 2.58. The predicted molar refractivity (Wildman–Crippen MR) is 81.5 cm³/mol. The molecule has 0 unspecified atom stereocenters. The third-order valence-corrected chi connectivity index (χ3v) is 5.17. The van der Waals surface area contributed by atoms with Gasteiger partial charge in [-0.25, -0.2) is 0 Å². The summed E-state index contributed by atoms with van der Waals surface area (Å²) in [5.41, 5.74) is 0. The average molecular weight is 391 g/mol. The Morgan fingerprint density at radius 1 is 0.478 bits per heavy atom. The van der Waals surface area contributed by atoms with Crippen molar-refractivity contribution in [2.75, 3.05) is 0 Å². The van der Waals surface area contributed by atoms with Gasteiger partial charge in [0.25, 0.3) is 0 Å². The standard InChI is InChI=1S/C18H15S.BrO3/c1-4-10-16(11-5-1)19(17-12-6-2-7-13-17)18-14-8-3-9-15-18;2-1(3)4/h1-15H;/q+1;-1. The smallest absolute Gasteiger partial charge is 0.216 e. The van der Waals surface area contributed by atoms with Crippen molar-refractivity contribution < 1.29 is 27.4 Å². The van der Waals surface area contributed by atoms with Gasteiger partial charge in [-0.15, -0.1) is 0 Å². The van der Waals surface area contributed by atoms with E-state index in [1.54, 1.807) is 0 Å². The second kappa shape index (κ2) is 9.50. The fraction of sp³-hybridized carbons (Fsp3) is 0. The van der Waals surface area contributed by atoms with E-state index < -0.39 is 14.8 Å². The number of halogens is 1. The highest BCUT2D eigenvalue weighted by atomic mass is 80.0. The van der Waals surface area contributed by atoms with Gasteiger partial charge in [-0.2, -0.15) is 0 Å². The van der Waals surface area contributed by atoms with Crippen LogP contribution in [0.1, 0.15) is 0 Å². The molecule has 0 radical (unpaired) electrons. The molecule has 0 bridgehead atoms. The van der Waals surface area contributed by atoms with Crippen LogP contribution in [0.3, 0.4) is 0 Å². The summed E-state index contributed by atoms with van der Waals surface area (Å²) >= 11 is -3.65. The lowest BCUT2D eigenvalue weighted by Gasteiger charge is -2.07. The van der Waals surface area contributed by atoms with Gasteiger partial charge >= 0.3 is 0 Å². The molecule has 5 heteroatoms. The quantitative estimate of drug-likeness (QED) is 0.631. The number of benzene rings is 3. The van der Waals surface area contributed by atoms with Crippen LogP contribution in [-0.2, 0) is 10.9 Å². The van der Waals surface area contributed by atoms with Gasteiger partial charge in [-0.05, 0) is 36.4 Å². The lowest BCUT2D eigenvalue weighted by Crippen LogP contribution is -2.42. The van der Waals surface area contributed by atoms with E-state index >= 15 is 0 Å². The Morgan fingerprint density at radius 2 is 0.696 bits per heavy atom.